The molecule has 164 valence electrons. The van der Waals surface area contributed by atoms with E-state index in [-0.39, 0.29) is 24.4 Å². The van der Waals surface area contributed by atoms with Crippen LogP contribution in [0.5, 0.6) is 0 Å². The third-order valence-corrected chi connectivity index (χ3v) is 5.60. The lowest BCUT2D eigenvalue weighted by atomic mass is 9.98. The molecule has 4 unspecified atom stereocenters. The fourth-order valence-electron chi connectivity index (χ4n) is 3.90. The Morgan fingerprint density at radius 2 is 1.07 bits per heavy atom. The second-order valence-electron chi connectivity index (χ2n) is 8.11. The molecule has 0 aromatic heterocycles. The van der Waals surface area contributed by atoms with E-state index in [1.54, 1.807) is 7.11 Å². The van der Waals surface area contributed by atoms with E-state index >= 15 is 0 Å². The van der Waals surface area contributed by atoms with E-state index in [1.165, 1.54) is 44.9 Å². The SMILES string of the molecule is COCC1COC(COCC2COC(COC3CCCCCCC3)CO2)CO1. The second-order valence-corrected chi connectivity index (χ2v) is 8.11. The minimum absolute atomic E-state index is 0.0246. The summed E-state index contributed by atoms with van der Waals surface area (Å²) < 4.78 is 40.2. The summed E-state index contributed by atoms with van der Waals surface area (Å²) in [4.78, 5) is 0. The number of ether oxygens (including phenoxy) is 7. The van der Waals surface area contributed by atoms with Crippen LogP contribution in [-0.4, -0.2) is 90.5 Å². The second kappa shape index (κ2) is 13.1. The summed E-state index contributed by atoms with van der Waals surface area (Å²) >= 11 is 0. The highest BCUT2D eigenvalue weighted by molar-refractivity contribution is 4.71. The molecule has 4 atom stereocenters. The van der Waals surface area contributed by atoms with Gasteiger partial charge in [0.15, 0.2) is 0 Å². The molecule has 2 saturated heterocycles. The van der Waals surface area contributed by atoms with Crippen LogP contribution in [0.25, 0.3) is 0 Å². The molecule has 7 heteroatoms. The molecule has 28 heavy (non-hydrogen) atoms. The Hall–Kier alpha value is -0.280. The van der Waals surface area contributed by atoms with E-state index in [0.717, 1.165) is 0 Å². The van der Waals surface area contributed by atoms with Crippen LogP contribution in [0.2, 0.25) is 0 Å². The quantitative estimate of drug-likeness (QED) is 0.586. The van der Waals surface area contributed by atoms with Gasteiger partial charge in [0.1, 0.15) is 24.4 Å². The van der Waals surface area contributed by atoms with Crippen LogP contribution in [0.4, 0.5) is 0 Å². The lowest BCUT2D eigenvalue weighted by molar-refractivity contribution is -0.187. The van der Waals surface area contributed by atoms with Crippen molar-refractivity contribution < 1.29 is 33.2 Å². The molecule has 3 fully saturated rings. The van der Waals surface area contributed by atoms with Crippen LogP contribution < -0.4 is 0 Å². The topological polar surface area (TPSA) is 64.6 Å². The third-order valence-electron chi connectivity index (χ3n) is 5.60. The molecule has 0 aromatic carbocycles. The van der Waals surface area contributed by atoms with E-state index in [9.17, 15) is 0 Å². The minimum atomic E-state index is -0.0254. The molecule has 0 amide bonds. The Balaban J connectivity index is 1.21. The standard InChI is InChI=1S/C21H38O7/c1-22-9-18-12-26-19(13-25-18)10-23-11-20-14-28-21(16-27-20)15-24-17-7-5-3-2-4-6-8-17/h17-21H,2-16H2,1H3. The third kappa shape index (κ3) is 8.22. The van der Waals surface area contributed by atoms with Gasteiger partial charge in [-0.3, -0.25) is 0 Å². The summed E-state index contributed by atoms with van der Waals surface area (Å²) in [7, 11) is 1.67. The van der Waals surface area contributed by atoms with Gasteiger partial charge >= 0.3 is 0 Å². The van der Waals surface area contributed by atoms with Crippen molar-refractivity contribution in [1.29, 1.82) is 0 Å². The first kappa shape index (κ1) is 22.4. The van der Waals surface area contributed by atoms with Crippen molar-refractivity contribution in [3.63, 3.8) is 0 Å². The van der Waals surface area contributed by atoms with Gasteiger partial charge < -0.3 is 33.2 Å². The Morgan fingerprint density at radius 1 is 0.607 bits per heavy atom. The zero-order chi connectivity index (χ0) is 19.4. The van der Waals surface area contributed by atoms with Gasteiger partial charge in [0.25, 0.3) is 0 Å². The molecule has 3 aliphatic rings. The maximum atomic E-state index is 6.10. The van der Waals surface area contributed by atoms with Crippen LogP contribution >= 0.6 is 0 Å². The predicted molar refractivity (Wildman–Crippen MR) is 104 cm³/mol. The van der Waals surface area contributed by atoms with Crippen molar-refractivity contribution in [3.8, 4) is 0 Å². The predicted octanol–water partition coefficient (Wildman–Crippen LogP) is 2.35. The summed E-state index contributed by atoms with van der Waals surface area (Å²) in [6, 6.07) is 0. The van der Waals surface area contributed by atoms with E-state index < -0.39 is 0 Å². The van der Waals surface area contributed by atoms with Gasteiger partial charge in [0, 0.05) is 7.11 Å². The van der Waals surface area contributed by atoms with Gasteiger partial charge in [-0.1, -0.05) is 32.1 Å². The molecule has 0 N–H and O–H groups in total. The molecule has 1 aliphatic carbocycles. The van der Waals surface area contributed by atoms with Crippen molar-refractivity contribution in [1.82, 2.24) is 0 Å². The van der Waals surface area contributed by atoms with Gasteiger partial charge in [0.05, 0.1) is 59.0 Å². The number of rotatable bonds is 9. The van der Waals surface area contributed by atoms with Crippen LogP contribution in [0.1, 0.15) is 44.9 Å². The maximum Gasteiger partial charge on any atom is 0.104 e. The Bertz CT molecular complexity index is 384. The molecule has 0 bridgehead atoms. The fourth-order valence-corrected chi connectivity index (χ4v) is 3.90. The minimum Gasteiger partial charge on any atom is -0.382 e. The lowest BCUT2D eigenvalue weighted by Crippen LogP contribution is -2.43. The molecule has 0 radical (unpaired) electrons. The highest BCUT2D eigenvalue weighted by Crippen LogP contribution is 2.20. The molecule has 0 aromatic rings. The average Bonchev–Trinajstić information content (AvgIpc) is 2.70. The van der Waals surface area contributed by atoms with E-state index in [0.29, 0.717) is 59.0 Å². The molecule has 7 nitrogen and oxygen atoms in total. The van der Waals surface area contributed by atoms with Gasteiger partial charge in [-0.25, -0.2) is 0 Å². The first-order chi connectivity index (χ1) is 13.8. The Labute approximate surface area is 169 Å². The van der Waals surface area contributed by atoms with Crippen LogP contribution in [0, 0.1) is 0 Å². The molecule has 1 saturated carbocycles. The fraction of sp³-hybridized carbons (Fsp3) is 1.00. The summed E-state index contributed by atoms with van der Waals surface area (Å²) in [5, 5.41) is 0. The smallest absolute Gasteiger partial charge is 0.104 e. The Morgan fingerprint density at radius 3 is 1.57 bits per heavy atom. The van der Waals surface area contributed by atoms with E-state index in [1.807, 2.05) is 0 Å². The monoisotopic (exact) mass is 402 g/mol. The first-order valence-electron chi connectivity index (χ1n) is 11.0. The van der Waals surface area contributed by atoms with Crippen molar-refractivity contribution in [2.75, 3.05) is 60.0 Å². The Kier molecular flexibility index (Phi) is 10.5. The molecular weight excluding hydrogens is 364 g/mol. The summed E-state index contributed by atoms with van der Waals surface area (Å²) in [5.74, 6) is 0. The first-order valence-corrected chi connectivity index (χ1v) is 11.0. The van der Waals surface area contributed by atoms with E-state index in [4.69, 9.17) is 33.2 Å². The summed E-state index contributed by atoms with van der Waals surface area (Å²) in [6.45, 7) is 4.43. The molecule has 2 aliphatic heterocycles. The van der Waals surface area contributed by atoms with Gasteiger partial charge in [-0.15, -0.1) is 0 Å². The van der Waals surface area contributed by atoms with Crippen molar-refractivity contribution in [3.05, 3.63) is 0 Å². The molecule has 2 heterocycles. The molecule has 3 rings (SSSR count). The van der Waals surface area contributed by atoms with Gasteiger partial charge in [0.2, 0.25) is 0 Å². The van der Waals surface area contributed by atoms with Crippen molar-refractivity contribution >= 4 is 0 Å². The van der Waals surface area contributed by atoms with E-state index in [2.05, 4.69) is 0 Å². The zero-order valence-electron chi connectivity index (χ0n) is 17.4. The average molecular weight is 403 g/mol. The van der Waals surface area contributed by atoms with Gasteiger partial charge in [-0.2, -0.15) is 0 Å². The van der Waals surface area contributed by atoms with Crippen LogP contribution in [0.15, 0.2) is 0 Å². The van der Waals surface area contributed by atoms with Crippen molar-refractivity contribution in [2.24, 2.45) is 0 Å². The van der Waals surface area contributed by atoms with Crippen LogP contribution in [-0.2, 0) is 33.2 Å². The zero-order valence-corrected chi connectivity index (χ0v) is 17.4. The molecule has 0 spiro atoms. The largest absolute Gasteiger partial charge is 0.382 e. The number of hydrogen-bond donors (Lipinski definition) is 0. The highest BCUT2D eigenvalue weighted by atomic mass is 16.6. The van der Waals surface area contributed by atoms with Crippen molar-refractivity contribution in [2.45, 2.75) is 75.5 Å². The number of hydrogen-bond acceptors (Lipinski definition) is 7. The summed E-state index contributed by atoms with van der Waals surface area (Å²) in [5.41, 5.74) is 0. The van der Waals surface area contributed by atoms with Gasteiger partial charge in [-0.05, 0) is 12.8 Å². The maximum absolute atomic E-state index is 6.10. The molecular formula is C21H38O7. The van der Waals surface area contributed by atoms with Crippen LogP contribution in [0.3, 0.4) is 0 Å². The highest BCUT2D eigenvalue weighted by Gasteiger charge is 2.26. The summed E-state index contributed by atoms with van der Waals surface area (Å²) in [6.07, 6.45) is 9.41. The number of methoxy groups -OCH3 is 1. The lowest BCUT2D eigenvalue weighted by Gasteiger charge is -2.32. The normalized spacial score (nSPS) is 33.3.